The maximum Gasteiger partial charge on any atom is 0.244 e. The van der Waals surface area contributed by atoms with Crippen LogP contribution in [-0.2, 0) is 14.6 Å². The van der Waals surface area contributed by atoms with Gasteiger partial charge in [0.15, 0.2) is 15.1 Å². The molecule has 1 aromatic carbocycles. The Bertz CT molecular complexity index is 593. The number of hydrogen-bond acceptors (Lipinski definition) is 4. The first-order valence-corrected chi connectivity index (χ1v) is 6.79. The second kappa shape index (κ2) is 3.82. The molecule has 0 radical (unpaired) electrons. The molecule has 1 heterocycles. The summed E-state index contributed by atoms with van der Waals surface area (Å²) in [5.74, 6) is -0.547. The molecule has 0 aliphatic carbocycles. The zero-order chi connectivity index (χ0) is 12.8. The minimum Gasteiger partial charge on any atom is -0.329 e. The lowest BCUT2D eigenvalue weighted by atomic mass is 10.1. The fraction of sp³-hybridized carbons (Fsp3) is 0.364. The molecule has 2 rings (SSSR count). The summed E-state index contributed by atoms with van der Waals surface area (Å²) in [6.45, 7) is 3.44. The molecule has 6 heteroatoms. The van der Waals surface area contributed by atoms with Crippen LogP contribution in [0.3, 0.4) is 0 Å². The van der Waals surface area contributed by atoms with Crippen LogP contribution in [-0.4, -0.2) is 26.1 Å². The lowest BCUT2D eigenvalue weighted by molar-refractivity contribution is -0.115. The lowest BCUT2D eigenvalue weighted by Gasteiger charge is -2.25. The highest BCUT2D eigenvalue weighted by molar-refractivity contribution is 7.93. The topological polar surface area (TPSA) is 89.3 Å². The fourth-order valence-electron chi connectivity index (χ4n) is 1.92. The number of carbonyl (C=O) groups excluding carboxylic acids is 1. The second-order valence-corrected chi connectivity index (χ2v) is 6.24. The number of benzene rings is 1. The van der Waals surface area contributed by atoms with Crippen LogP contribution in [0.15, 0.2) is 17.0 Å². The molecule has 0 saturated carbocycles. The van der Waals surface area contributed by atoms with Crippen LogP contribution in [0.5, 0.6) is 0 Å². The quantitative estimate of drug-likeness (QED) is 0.757. The minimum absolute atomic E-state index is 0.163. The molecule has 3 N–H and O–H groups in total. The van der Waals surface area contributed by atoms with Crippen LogP contribution in [0.25, 0.3) is 0 Å². The third kappa shape index (κ3) is 1.64. The molecule has 1 aromatic rings. The molecule has 17 heavy (non-hydrogen) atoms. The van der Waals surface area contributed by atoms with E-state index in [-0.39, 0.29) is 11.4 Å². The van der Waals surface area contributed by atoms with Crippen LogP contribution in [0, 0.1) is 13.8 Å². The van der Waals surface area contributed by atoms with Crippen molar-refractivity contribution in [2.24, 2.45) is 5.73 Å². The Kier molecular flexibility index (Phi) is 2.71. The molecule has 1 unspecified atom stereocenters. The van der Waals surface area contributed by atoms with Crippen molar-refractivity contribution in [2.75, 3.05) is 11.9 Å². The van der Waals surface area contributed by atoms with Gasteiger partial charge in [0.05, 0.1) is 10.6 Å². The van der Waals surface area contributed by atoms with Crippen molar-refractivity contribution in [1.82, 2.24) is 0 Å². The lowest BCUT2D eigenvalue weighted by Crippen LogP contribution is -2.44. The van der Waals surface area contributed by atoms with E-state index in [1.54, 1.807) is 13.0 Å². The van der Waals surface area contributed by atoms with Crippen molar-refractivity contribution in [3.63, 3.8) is 0 Å². The van der Waals surface area contributed by atoms with Crippen LogP contribution < -0.4 is 11.1 Å². The van der Waals surface area contributed by atoms with Gasteiger partial charge in [-0.2, -0.15) is 0 Å². The molecule has 0 aromatic heterocycles. The summed E-state index contributed by atoms with van der Waals surface area (Å²) >= 11 is 0. The number of nitrogens with two attached hydrogens (primary N) is 1. The molecule has 92 valence electrons. The Hall–Kier alpha value is -1.40. The first kappa shape index (κ1) is 12.1. The van der Waals surface area contributed by atoms with Gasteiger partial charge in [0, 0.05) is 6.54 Å². The normalized spacial score (nSPS) is 21.8. The monoisotopic (exact) mass is 254 g/mol. The number of nitrogens with one attached hydrogen (secondary N) is 1. The molecular weight excluding hydrogens is 240 g/mol. The maximum atomic E-state index is 12.2. The first-order chi connectivity index (χ1) is 7.89. The van der Waals surface area contributed by atoms with Gasteiger partial charge < -0.3 is 11.1 Å². The number of sulfone groups is 1. The van der Waals surface area contributed by atoms with E-state index in [0.717, 1.165) is 11.1 Å². The van der Waals surface area contributed by atoms with E-state index < -0.39 is 21.0 Å². The highest BCUT2D eigenvalue weighted by Gasteiger charge is 2.39. The summed E-state index contributed by atoms with van der Waals surface area (Å²) in [5.41, 5.74) is 7.45. The maximum absolute atomic E-state index is 12.2. The van der Waals surface area contributed by atoms with Gasteiger partial charge in [-0.25, -0.2) is 8.42 Å². The third-order valence-corrected chi connectivity index (χ3v) is 5.24. The van der Waals surface area contributed by atoms with Crippen LogP contribution in [0.1, 0.15) is 11.1 Å². The third-order valence-electron chi connectivity index (χ3n) is 3.13. The highest BCUT2D eigenvalue weighted by Crippen LogP contribution is 2.33. The van der Waals surface area contributed by atoms with E-state index in [4.69, 9.17) is 5.73 Å². The summed E-state index contributed by atoms with van der Waals surface area (Å²) in [6, 6.07) is 3.26. The molecule has 0 saturated heterocycles. The van der Waals surface area contributed by atoms with Crippen LogP contribution in [0.4, 0.5) is 5.69 Å². The van der Waals surface area contributed by atoms with Gasteiger partial charge in [-0.05, 0) is 31.0 Å². The van der Waals surface area contributed by atoms with E-state index in [1.165, 1.54) is 6.07 Å². The number of aryl methyl sites for hydroxylation is 1. The molecule has 1 atom stereocenters. The van der Waals surface area contributed by atoms with Crippen molar-refractivity contribution in [3.8, 4) is 0 Å². The molecule has 1 aliphatic rings. The average molecular weight is 254 g/mol. The van der Waals surface area contributed by atoms with Crippen molar-refractivity contribution in [1.29, 1.82) is 0 Å². The van der Waals surface area contributed by atoms with Gasteiger partial charge in [0.25, 0.3) is 0 Å². The van der Waals surface area contributed by atoms with Crippen LogP contribution in [0.2, 0.25) is 0 Å². The van der Waals surface area contributed by atoms with Crippen molar-refractivity contribution >= 4 is 21.4 Å². The molecule has 0 spiro atoms. The molecule has 0 bridgehead atoms. The Morgan fingerprint density at radius 2 is 2.00 bits per heavy atom. The minimum atomic E-state index is -3.66. The van der Waals surface area contributed by atoms with E-state index in [0.29, 0.717) is 5.69 Å². The molecule has 5 nitrogen and oxygen atoms in total. The van der Waals surface area contributed by atoms with Crippen LogP contribution >= 0.6 is 0 Å². The standard InChI is InChI=1S/C11H14N2O3S/c1-6-3-4-8-10(7(6)2)13-11(14)9(5-12)17(8,15)16/h3-4,9H,5,12H2,1-2H3,(H,13,14). The van der Waals surface area contributed by atoms with Crippen molar-refractivity contribution in [2.45, 2.75) is 24.0 Å². The Morgan fingerprint density at radius 1 is 1.35 bits per heavy atom. The summed E-state index contributed by atoms with van der Waals surface area (Å²) in [4.78, 5) is 11.9. The van der Waals surface area contributed by atoms with Crippen molar-refractivity contribution < 1.29 is 13.2 Å². The van der Waals surface area contributed by atoms with Crippen molar-refractivity contribution in [3.05, 3.63) is 23.3 Å². The van der Waals surface area contributed by atoms with Gasteiger partial charge >= 0.3 is 0 Å². The number of carbonyl (C=O) groups is 1. The fourth-order valence-corrected chi connectivity index (χ4v) is 3.56. The molecule has 1 aliphatic heterocycles. The SMILES string of the molecule is Cc1ccc2c(c1C)NC(=O)C(CN)S2(=O)=O. The average Bonchev–Trinajstić information content (AvgIpc) is 2.24. The van der Waals surface area contributed by atoms with Gasteiger partial charge in [0.2, 0.25) is 5.91 Å². The number of anilines is 1. The van der Waals surface area contributed by atoms with Gasteiger partial charge in [-0.3, -0.25) is 4.79 Å². The van der Waals surface area contributed by atoms with E-state index in [1.807, 2.05) is 6.92 Å². The Labute approximate surface area is 99.9 Å². The summed E-state index contributed by atoms with van der Waals surface area (Å²) in [6.07, 6.45) is 0. The summed E-state index contributed by atoms with van der Waals surface area (Å²) in [7, 11) is -3.66. The largest absolute Gasteiger partial charge is 0.329 e. The summed E-state index contributed by atoms with van der Waals surface area (Å²) < 4.78 is 24.3. The predicted molar refractivity (Wildman–Crippen MR) is 64.6 cm³/mol. The zero-order valence-electron chi connectivity index (χ0n) is 9.65. The number of amides is 1. The zero-order valence-corrected chi connectivity index (χ0v) is 10.5. The number of rotatable bonds is 1. The number of hydrogen-bond donors (Lipinski definition) is 2. The van der Waals surface area contributed by atoms with Gasteiger partial charge in [0.1, 0.15) is 0 Å². The van der Waals surface area contributed by atoms with E-state index >= 15 is 0 Å². The molecular formula is C11H14N2O3S. The van der Waals surface area contributed by atoms with Gasteiger partial charge in [-0.15, -0.1) is 0 Å². The summed E-state index contributed by atoms with van der Waals surface area (Å²) in [5, 5.41) is 1.44. The second-order valence-electron chi connectivity index (χ2n) is 4.14. The first-order valence-electron chi connectivity index (χ1n) is 5.24. The number of fused-ring (bicyclic) bond motifs is 1. The Morgan fingerprint density at radius 3 is 2.59 bits per heavy atom. The molecule has 1 amide bonds. The predicted octanol–water partition coefficient (Wildman–Crippen LogP) is 0.357. The smallest absolute Gasteiger partial charge is 0.244 e. The van der Waals surface area contributed by atoms with Gasteiger partial charge in [-0.1, -0.05) is 6.07 Å². The van der Waals surface area contributed by atoms with E-state index in [2.05, 4.69) is 5.32 Å². The molecule has 0 fully saturated rings. The van der Waals surface area contributed by atoms with E-state index in [9.17, 15) is 13.2 Å². The Balaban J connectivity index is 2.75. The highest BCUT2D eigenvalue weighted by atomic mass is 32.2.